The number of nitriles is 1. The van der Waals surface area contributed by atoms with Gasteiger partial charge < -0.3 is 0 Å². The van der Waals surface area contributed by atoms with Crippen molar-refractivity contribution < 1.29 is 0 Å². The summed E-state index contributed by atoms with van der Waals surface area (Å²) in [4.78, 5) is 0. The number of halogens is 1. The molecule has 0 bridgehead atoms. The van der Waals surface area contributed by atoms with Crippen molar-refractivity contribution in [1.82, 2.24) is 9.78 Å². The van der Waals surface area contributed by atoms with Crippen LogP contribution in [-0.4, -0.2) is 9.78 Å². The van der Waals surface area contributed by atoms with Gasteiger partial charge in [0.1, 0.15) is 16.8 Å². The van der Waals surface area contributed by atoms with E-state index in [1.165, 1.54) is 0 Å². The van der Waals surface area contributed by atoms with Gasteiger partial charge in [-0.2, -0.15) is 10.4 Å². The molecule has 0 radical (unpaired) electrons. The number of rotatable bonds is 3. The lowest BCUT2D eigenvalue weighted by atomic mass is 9.90. The minimum Gasteiger partial charge on any atom is -0.252 e. The predicted octanol–water partition coefficient (Wildman–Crippen LogP) is 3.75. The topological polar surface area (TPSA) is 41.6 Å². The Labute approximate surface area is 108 Å². The smallest absolute Gasteiger partial charge is 0.145 e. The van der Waals surface area contributed by atoms with Gasteiger partial charge in [0.25, 0.3) is 0 Å². The molecule has 0 unspecified atom stereocenters. The summed E-state index contributed by atoms with van der Waals surface area (Å²) in [6.07, 6.45) is 1.01. The van der Waals surface area contributed by atoms with Crippen LogP contribution in [0, 0.1) is 17.2 Å². The van der Waals surface area contributed by atoms with Crippen LogP contribution in [0.3, 0.4) is 0 Å². The first-order valence-corrected chi connectivity index (χ1v) is 6.32. The van der Waals surface area contributed by atoms with Gasteiger partial charge in [0.15, 0.2) is 0 Å². The van der Waals surface area contributed by atoms with Crippen LogP contribution in [0.5, 0.6) is 0 Å². The lowest BCUT2D eigenvalue weighted by Crippen LogP contribution is -2.14. The predicted molar refractivity (Wildman–Crippen MR) is 70.1 cm³/mol. The van der Waals surface area contributed by atoms with Crippen LogP contribution in [0.4, 0.5) is 0 Å². The molecule has 1 aromatic heterocycles. The summed E-state index contributed by atoms with van der Waals surface area (Å²) in [5, 5.41) is 14.1. The molecule has 0 spiro atoms. The van der Waals surface area contributed by atoms with Crippen LogP contribution in [-0.2, 0) is 12.0 Å². The summed E-state index contributed by atoms with van der Waals surface area (Å²) in [5.74, 6) is 0.596. The van der Waals surface area contributed by atoms with E-state index in [2.05, 4.69) is 25.0 Å². The van der Waals surface area contributed by atoms with Crippen molar-refractivity contribution in [3.8, 4) is 6.07 Å². The molecule has 94 valence electrons. The van der Waals surface area contributed by atoms with Crippen LogP contribution < -0.4 is 0 Å². The van der Waals surface area contributed by atoms with E-state index in [0.29, 0.717) is 16.6 Å². The third-order valence-electron chi connectivity index (χ3n) is 2.63. The standard InChI is InChI=1S/C13H20ClN3/c1-9(2)6-7-17-12(14)10(8-15)11(16-17)13(3,4)5/h9H,6-7H2,1-5H3. The zero-order valence-corrected chi connectivity index (χ0v) is 12.0. The molecule has 0 aromatic carbocycles. The Hall–Kier alpha value is -1.01. The molecule has 0 aliphatic carbocycles. The fraction of sp³-hybridized carbons (Fsp3) is 0.692. The van der Waals surface area contributed by atoms with Gasteiger partial charge in [0.2, 0.25) is 0 Å². The van der Waals surface area contributed by atoms with E-state index in [1.54, 1.807) is 4.68 Å². The lowest BCUT2D eigenvalue weighted by Gasteiger charge is -2.15. The Morgan fingerprint density at radius 2 is 2.00 bits per heavy atom. The highest BCUT2D eigenvalue weighted by Crippen LogP contribution is 2.29. The van der Waals surface area contributed by atoms with E-state index in [1.807, 2.05) is 20.8 Å². The van der Waals surface area contributed by atoms with E-state index >= 15 is 0 Å². The largest absolute Gasteiger partial charge is 0.252 e. The summed E-state index contributed by atoms with van der Waals surface area (Å²) in [7, 11) is 0. The Balaban J connectivity index is 3.11. The fourth-order valence-corrected chi connectivity index (χ4v) is 1.85. The van der Waals surface area contributed by atoms with Gasteiger partial charge in [0.05, 0.1) is 5.69 Å². The summed E-state index contributed by atoms with van der Waals surface area (Å²) in [6, 6.07) is 2.16. The Morgan fingerprint density at radius 1 is 1.41 bits per heavy atom. The molecule has 0 saturated carbocycles. The molecule has 0 N–H and O–H groups in total. The number of hydrogen-bond acceptors (Lipinski definition) is 2. The average Bonchev–Trinajstić information content (AvgIpc) is 2.51. The normalized spacial score (nSPS) is 11.9. The second-order valence-corrected chi connectivity index (χ2v) is 6.14. The van der Waals surface area contributed by atoms with Crippen molar-refractivity contribution in [2.45, 2.75) is 53.0 Å². The maximum absolute atomic E-state index is 9.17. The molecule has 1 aromatic rings. The number of aryl methyl sites for hydroxylation is 1. The first-order chi connectivity index (χ1) is 7.77. The second-order valence-electron chi connectivity index (χ2n) is 5.78. The monoisotopic (exact) mass is 253 g/mol. The highest BCUT2D eigenvalue weighted by molar-refractivity contribution is 6.30. The van der Waals surface area contributed by atoms with Crippen molar-refractivity contribution in [1.29, 1.82) is 5.26 Å². The molecule has 17 heavy (non-hydrogen) atoms. The van der Waals surface area contributed by atoms with Gasteiger partial charge >= 0.3 is 0 Å². The second kappa shape index (κ2) is 5.10. The number of aromatic nitrogens is 2. The SMILES string of the molecule is CC(C)CCn1nc(C(C)(C)C)c(C#N)c1Cl. The molecule has 0 saturated heterocycles. The quantitative estimate of drug-likeness (QED) is 0.823. The Bertz CT molecular complexity index is 433. The van der Waals surface area contributed by atoms with Gasteiger partial charge in [-0.1, -0.05) is 46.2 Å². The third kappa shape index (κ3) is 3.23. The summed E-state index contributed by atoms with van der Waals surface area (Å²) >= 11 is 6.20. The zero-order valence-electron chi connectivity index (χ0n) is 11.2. The van der Waals surface area contributed by atoms with Crippen molar-refractivity contribution in [2.75, 3.05) is 0 Å². The third-order valence-corrected chi connectivity index (χ3v) is 3.01. The number of nitrogens with zero attached hydrogens (tertiary/aromatic N) is 3. The van der Waals surface area contributed by atoms with Crippen molar-refractivity contribution >= 4 is 11.6 Å². The minimum atomic E-state index is -0.155. The first kappa shape index (κ1) is 14.1. The van der Waals surface area contributed by atoms with Crippen LogP contribution in [0.2, 0.25) is 5.15 Å². The van der Waals surface area contributed by atoms with Gasteiger partial charge in [-0.25, -0.2) is 0 Å². The van der Waals surface area contributed by atoms with Crippen LogP contribution >= 0.6 is 11.6 Å². The lowest BCUT2D eigenvalue weighted by molar-refractivity contribution is 0.472. The zero-order chi connectivity index (χ0) is 13.2. The van der Waals surface area contributed by atoms with E-state index < -0.39 is 0 Å². The Kier molecular flexibility index (Phi) is 4.21. The summed E-state index contributed by atoms with van der Waals surface area (Å²) < 4.78 is 1.75. The molecular formula is C13H20ClN3. The molecule has 0 aliphatic heterocycles. The highest BCUT2D eigenvalue weighted by Gasteiger charge is 2.25. The maximum Gasteiger partial charge on any atom is 0.145 e. The molecule has 1 rings (SSSR count). The molecule has 4 heteroatoms. The minimum absolute atomic E-state index is 0.155. The van der Waals surface area contributed by atoms with Crippen molar-refractivity contribution in [2.24, 2.45) is 5.92 Å². The van der Waals surface area contributed by atoms with Gasteiger partial charge in [-0.15, -0.1) is 0 Å². The van der Waals surface area contributed by atoms with Crippen molar-refractivity contribution in [3.63, 3.8) is 0 Å². The average molecular weight is 254 g/mol. The van der Waals surface area contributed by atoms with E-state index in [-0.39, 0.29) is 5.41 Å². The van der Waals surface area contributed by atoms with Crippen LogP contribution in [0.1, 0.15) is 52.3 Å². The molecule has 0 aliphatic rings. The van der Waals surface area contributed by atoms with E-state index in [0.717, 1.165) is 18.7 Å². The summed E-state index contributed by atoms with van der Waals surface area (Å²) in [6.45, 7) is 11.2. The molecule has 0 amide bonds. The van der Waals surface area contributed by atoms with Crippen molar-refractivity contribution in [3.05, 3.63) is 16.4 Å². The molecule has 3 nitrogen and oxygen atoms in total. The Morgan fingerprint density at radius 3 is 2.35 bits per heavy atom. The van der Waals surface area contributed by atoms with Gasteiger partial charge in [-0.3, -0.25) is 4.68 Å². The molecule has 0 fully saturated rings. The highest BCUT2D eigenvalue weighted by atomic mass is 35.5. The fourth-order valence-electron chi connectivity index (χ4n) is 1.59. The number of hydrogen-bond donors (Lipinski definition) is 0. The van der Waals surface area contributed by atoms with Crippen LogP contribution in [0.15, 0.2) is 0 Å². The van der Waals surface area contributed by atoms with Crippen LogP contribution in [0.25, 0.3) is 0 Å². The van der Waals surface area contributed by atoms with Gasteiger partial charge in [-0.05, 0) is 12.3 Å². The first-order valence-electron chi connectivity index (χ1n) is 5.94. The molecular weight excluding hydrogens is 234 g/mol. The molecule has 0 atom stereocenters. The van der Waals surface area contributed by atoms with Gasteiger partial charge in [0, 0.05) is 12.0 Å². The van der Waals surface area contributed by atoms with E-state index in [4.69, 9.17) is 16.9 Å². The molecule has 1 heterocycles. The summed E-state index contributed by atoms with van der Waals surface area (Å²) in [5.41, 5.74) is 1.15. The van der Waals surface area contributed by atoms with E-state index in [9.17, 15) is 0 Å². The maximum atomic E-state index is 9.17.